The van der Waals surface area contributed by atoms with Crippen LogP contribution in [0.15, 0.2) is 78.9 Å². The Bertz CT molecular complexity index is 1060. The Balaban J connectivity index is 1.51. The fourth-order valence-electron chi connectivity index (χ4n) is 3.04. The number of H-pyrrole nitrogens is 1. The number of benzene rings is 3. The van der Waals surface area contributed by atoms with Crippen molar-refractivity contribution >= 4 is 23.1 Å². The summed E-state index contributed by atoms with van der Waals surface area (Å²) in [5.74, 6) is 1.73. The summed E-state index contributed by atoms with van der Waals surface area (Å²) in [6.07, 6.45) is 4.11. The predicted octanol–water partition coefficient (Wildman–Crippen LogP) is 5.93. The van der Waals surface area contributed by atoms with Crippen LogP contribution in [0.4, 0.5) is 0 Å². The smallest absolute Gasteiger partial charge is 0.126 e. The van der Waals surface area contributed by atoms with E-state index in [1.54, 1.807) is 7.11 Å². The van der Waals surface area contributed by atoms with Gasteiger partial charge in [0.05, 0.1) is 7.11 Å². The molecule has 4 aromatic rings. The van der Waals surface area contributed by atoms with E-state index in [2.05, 4.69) is 47.5 Å². The number of aromatic nitrogens is 1. The van der Waals surface area contributed by atoms with Crippen molar-refractivity contribution in [3.8, 4) is 11.5 Å². The summed E-state index contributed by atoms with van der Waals surface area (Å²) in [4.78, 5) is 3.42. The van der Waals surface area contributed by atoms with Gasteiger partial charge in [-0.15, -0.1) is 0 Å². The van der Waals surface area contributed by atoms with Gasteiger partial charge in [0.2, 0.25) is 0 Å². The minimum absolute atomic E-state index is 0.567. The minimum Gasteiger partial charge on any atom is -0.496 e. The summed E-state index contributed by atoms with van der Waals surface area (Å²) in [7, 11) is 1.69. The SMILES string of the molecule is COc1ccccc1C=Cc1cc2cc(OCc3ccccc3)ccc2[nH]1. The molecule has 0 unspecified atom stereocenters. The lowest BCUT2D eigenvalue weighted by Crippen LogP contribution is -1.94. The molecule has 0 amide bonds. The normalized spacial score (nSPS) is 11.1. The second-order valence-electron chi connectivity index (χ2n) is 6.32. The molecule has 27 heavy (non-hydrogen) atoms. The van der Waals surface area contributed by atoms with Crippen LogP contribution in [-0.2, 0) is 6.61 Å². The summed E-state index contributed by atoms with van der Waals surface area (Å²) >= 11 is 0. The van der Waals surface area contributed by atoms with E-state index in [9.17, 15) is 0 Å². The highest BCUT2D eigenvalue weighted by Crippen LogP contribution is 2.24. The lowest BCUT2D eigenvalue weighted by atomic mass is 10.1. The quantitative estimate of drug-likeness (QED) is 0.465. The molecule has 0 spiro atoms. The highest BCUT2D eigenvalue weighted by Gasteiger charge is 2.03. The third kappa shape index (κ3) is 4.04. The van der Waals surface area contributed by atoms with E-state index in [1.165, 1.54) is 0 Å². The molecule has 0 bridgehead atoms. The molecular weight excluding hydrogens is 334 g/mol. The van der Waals surface area contributed by atoms with Crippen LogP contribution in [0.1, 0.15) is 16.8 Å². The van der Waals surface area contributed by atoms with Crippen LogP contribution >= 0.6 is 0 Å². The first-order valence-electron chi connectivity index (χ1n) is 8.92. The fourth-order valence-corrected chi connectivity index (χ4v) is 3.04. The summed E-state index contributed by atoms with van der Waals surface area (Å²) in [5, 5.41) is 1.13. The molecule has 3 heteroatoms. The van der Waals surface area contributed by atoms with E-state index in [0.717, 1.165) is 39.2 Å². The number of hydrogen-bond donors (Lipinski definition) is 1. The van der Waals surface area contributed by atoms with Crippen LogP contribution in [0.3, 0.4) is 0 Å². The molecule has 4 rings (SSSR count). The molecule has 0 aliphatic carbocycles. The van der Waals surface area contributed by atoms with Gasteiger partial charge >= 0.3 is 0 Å². The first kappa shape index (κ1) is 17.0. The number of para-hydroxylation sites is 1. The molecule has 3 nitrogen and oxygen atoms in total. The Hall–Kier alpha value is -3.46. The molecule has 0 radical (unpaired) electrons. The summed E-state index contributed by atoms with van der Waals surface area (Å²) in [5.41, 5.74) is 4.33. The second-order valence-corrected chi connectivity index (χ2v) is 6.32. The molecule has 1 N–H and O–H groups in total. The molecule has 0 aliphatic heterocycles. The highest BCUT2D eigenvalue weighted by atomic mass is 16.5. The van der Waals surface area contributed by atoms with E-state index < -0.39 is 0 Å². The number of aromatic amines is 1. The van der Waals surface area contributed by atoms with Crippen LogP contribution in [0.2, 0.25) is 0 Å². The zero-order valence-electron chi connectivity index (χ0n) is 15.2. The van der Waals surface area contributed by atoms with Crippen molar-refractivity contribution in [2.75, 3.05) is 7.11 Å². The van der Waals surface area contributed by atoms with E-state index >= 15 is 0 Å². The van der Waals surface area contributed by atoms with Crippen molar-refractivity contribution in [3.63, 3.8) is 0 Å². The molecule has 0 aliphatic rings. The number of hydrogen-bond acceptors (Lipinski definition) is 2. The molecular formula is C24H21NO2. The van der Waals surface area contributed by atoms with Gasteiger partial charge in [-0.25, -0.2) is 0 Å². The average Bonchev–Trinajstić information content (AvgIpc) is 3.14. The molecule has 0 atom stereocenters. The van der Waals surface area contributed by atoms with Crippen molar-refractivity contribution in [2.24, 2.45) is 0 Å². The van der Waals surface area contributed by atoms with E-state index in [0.29, 0.717) is 6.61 Å². The maximum Gasteiger partial charge on any atom is 0.126 e. The van der Waals surface area contributed by atoms with Gasteiger partial charge in [0.25, 0.3) is 0 Å². The molecule has 3 aromatic carbocycles. The molecule has 0 saturated carbocycles. The predicted molar refractivity (Wildman–Crippen MR) is 111 cm³/mol. The van der Waals surface area contributed by atoms with Gasteiger partial charge < -0.3 is 14.5 Å². The molecule has 0 fully saturated rings. The van der Waals surface area contributed by atoms with E-state index in [-0.39, 0.29) is 0 Å². The van der Waals surface area contributed by atoms with Crippen molar-refractivity contribution in [3.05, 3.63) is 95.7 Å². The third-order valence-corrected chi connectivity index (χ3v) is 4.44. The van der Waals surface area contributed by atoms with Crippen LogP contribution in [-0.4, -0.2) is 12.1 Å². The zero-order valence-corrected chi connectivity index (χ0v) is 15.2. The lowest BCUT2D eigenvalue weighted by molar-refractivity contribution is 0.306. The molecule has 1 aromatic heterocycles. The van der Waals surface area contributed by atoms with Crippen molar-refractivity contribution in [1.29, 1.82) is 0 Å². The minimum atomic E-state index is 0.567. The van der Waals surface area contributed by atoms with Crippen LogP contribution < -0.4 is 9.47 Å². The van der Waals surface area contributed by atoms with Crippen LogP contribution in [0.25, 0.3) is 23.1 Å². The standard InChI is InChI=1S/C24H21NO2/c1-26-24-10-6-5-9-19(24)11-12-21-15-20-16-22(13-14-23(20)25-21)27-17-18-7-3-2-4-8-18/h2-16,25H,17H2,1H3. The maximum absolute atomic E-state index is 5.92. The number of methoxy groups -OCH3 is 1. The summed E-state index contributed by atoms with van der Waals surface area (Å²) < 4.78 is 11.3. The first-order valence-corrected chi connectivity index (χ1v) is 8.92. The van der Waals surface area contributed by atoms with E-state index in [1.807, 2.05) is 48.5 Å². The number of fused-ring (bicyclic) bond motifs is 1. The average molecular weight is 355 g/mol. The molecule has 1 heterocycles. The van der Waals surface area contributed by atoms with Gasteiger partial charge in [-0.1, -0.05) is 48.5 Å². The Labute approximate surface area is 158 Å². The van der Waals surface area contributed by atoms with Crippen LogP contribution in [0.5, 0.6) is 11.5 Å². The summed E-state index contributed by atoms with van der Waals surface area (Å²) in [6, 6.07) is 26.4. The van der Waals surface area contributed by atoms with Gasteiger partial charge in [-0.3, -0.25) is 0 Å². The number of ether oxygens (including phenoxy) is 2. The van der Waals surface area contributed by atoms with Gasteiger partial charge in [0.1, 0.15) is 18.1 Å². The monoisotopic (exact) mass is 355 g/mol. The largest absolute Gasteiger partial charge is 0.496 e. The Morgan fingerprint density at radius 1 is 0.852 bits per heavy atom. The fraction of sp³-hybridized carbons (Fsp3) is 0.0833. The number of rotatable bonds is 6. The first-order chi connectivity index (χ1) is 13.3. The van der Waals surface area contributed by atoms with Gasteiger partial charge in [-0.2, -0.15) is 0 Å². The Morgan fingerprint density at radius 3 is 2.52 bits per heavy atom. The van der Waals surface area contributed by atoms with Crippen molar-refractivity contribution < 1.29 is 9.47 Å². The summed E-state index contributed by atoms with van der Waals surface area (Å²) in [6.45, 7) is 0.567. The van der Waals surface area contributed by atoms with Crippen molar-refractivity contribution in [1.82, 2.24) is 4.98 Å². The van der Waals surface area contributed by atoms with Gasteiger partial charge in [0.15, 0.2) is 0 Å². The van der Waals surface area contributed by atoms with Gasteiger partial charge in [0, 0.05) is 22.2 Å². The van der Waals surface area contributed by atoms with Crippen molar-refractivity contribution in [2.45, 2.75) is 6.61 Å². The van der Waals surface area contributed by atoms with E-state index in [4.69, 9.17) is 9.47 Å². The second kappa shape index (κ2) is 7.83. The topological polar surface area (TPSA) is 34.2 Å². The highest BCUT2D eigenvalue weighted by molar-refractivity contribution is 5.85. The van der Waals surface area contributed by atoms with Crippen LogP contribution in [0, 0.1) is 0 Å². The zero-order chi connectivity index (χ0) is 18.5. The van der Waals surface area contributed by atoms with Gasteiger partial charge in [-0.05, 0) is 48.0 Å². The number of nitrogens with one attached hydrogen (secondary N) is 1. The third-order valence-electron chi connectivity index (χ3n) is 4.44. The lowest BCUT2D eigenvalue weighted by Gasteiger charge is -2.06. The Kier molecular flexibility index (Phi) is 4.93. The molecule has 134 valence electrons. The molecule has 0 saturated heterocycles. The maximum atomic E-state index is 5.92. The Morgan fingerprint density at radius 2 is 1.67 bits per heavy atom.